The van der Waals surface area contributed by atoms with E-state index in [1.54, 1.807) is 14.2 Å². The Labute approximate surface area is 172 Å². The highest BCUT2D eigenvalue weighted by Gasteiger charge is 2.30. The van der Waals surface area contributed by atoms with Gasteiger partial charge in [0.15, 0.2) is 11.2 Å². The summed E-state index contributed by atoms with van der Waals surface area (Å²) >= 11 is 0. The molecule has 1 aliphatic rings. The minimum absolute atomic E-state index is 0.193. The van der Waals surface area contributed by atoms with E-state index in [2.05, 4.69) is 4.98 Å². The number of fused-ring (bicyclic) bond motifs is 3. The highest BCUT2D eigenvalue weighted by atomic mass is 16.5. The third-order valence-corrected chi connectivity index (χ3v) is 5.22. The van der Waals surface area contributed by atoms with Gasteiger partial charge in [-0.15, -0.1) is 0 Å². The van der Waals surface area contributed by atoms with Crippen LogP contribution in [0.2, 0.25) is 0 Å². The number of hydrogen-bond donors (Lipinski definition) is 0. The molecule has 0 aliphatic carbocycles. The van der Waals surface area contributed by atoms with Gasteiger partial charge in [0.05, 0.1) is 25.4 Å². The fourth-order valence-corrected chi connectivity index (χ4v) is 3.72. The van der Waals surface area contributed by atoms with Crippen molar-refractivity contribution in [2.45, 2.75) is 13.1 Å². The lowest BCUT2D eigenvalue weighted by Crippen LogP contribution is -2.40. The van der Waals surface area contributed by atoms with Gasteiger partial charge in [-0.05, 0) is 12.1 Å². The number of benzene rings is 1. The molecule has 30 heavy (non-hydrogen) atoms. The number of aromatic nitrogens is 4. The van der Waals surface area contributed by atoms with Crippen LogP contribution >= 0.6 is 0 Å². The molecule has 3 heterocycles. The molecule has 0 fully saturated rings. The van der Waals surface area contributed by atoms with E-state index in [0.717, 1.165) is 5.69 Å². The molecule has 0 radical (unpaired) electrons. The van der Waals surface area contributed by atoms with Gasteiger partial charge in [0.25, 0.3) is 5.56 Å². The SMILES string of the molecule is COCCOc1ccccc1N1CCn2c1nc1c2c(=O)n(CCOC)c(=O)n1C. The molecule has 0 bridgehead atoms. The lowest BCUT2D eigenvalue weighted by atomic mass is 10.2. The van der Waals surface area contributed by atoms with Crippen LogP contribution in [0.4, 0.5) is 11.6 Å². The quantitative estimate of drug-likeness (QED) is 0.501. The molecule has 1 aliphatic heterocycles. The number of nitrogens with zero attached hydrogens (tertiary/aromatic N) is 5. The maximum atomic E-state index is 13.1. The molecule has 10 nitrogen and oxygen atoms in total. The van der Waals surface area contributed by atoms with Gasteiger partial charge in [-0.3, -0.25) is 13.9 Å². The number of methoxy groups -OCH3 is 2. The van der Waals surface area contributed by atoms with Gasteiger partial charge in [0.1, 0.15) is 12.4 Å². The smallest absolute Gasteiger partial charge is 0.332 e. The minimum Gasteiger partial charge on any atom is -0.489 e. The van der Waals surface area contributed by atoms with Crippen LogP contribution in [0.1, 0.15) is 0 Å². The Hall–Kier alpha value is -3.11. The lowest BCUT2D eigenvalue weighted by Gasteiger charge is -2.20. The second-order valence-corrected chi connectivity index (χ2v) is 6.99. The van der Waals surface area contributed by atoms with Crippen molar-refractivity contribution < 1.29 is 14.2 Å². The topological polar surface area (TPSA) is 92.8 Å². The summed E-state index contributed by atoms with van der Waals surface area (Å²) in [5, 5.41) is 0. The summed E-state index contributed by atoms with van der Waals surface area (Å²) in [5.41, 5.74) is 0.888. The summed E-state index contributed by atoms with van der Waals surface area (Å²) in [6, 6.07) is 7.68. The Morgan fingerprint density at radius 1 is 1.03 bits per heavy atom. The standard InChI is InChI=1S/C20H25N5O5/c1-22-17-16(18(26)25(20(22)27)10-11-28-2)24-9-8-23(19(24)21-17)14-6-4-5-7-15(14)30-13-12-29-3/h4-7H,8-13H2,1-3H3. The van der Waals surface area contributed by atoms with Crippen LogP contribution in [0.15, 0.2) is 33.9 Å². The van der Waals surface area contributed by atoms with Gasteiger partial charge >= 0.3 is 5.69 Å². The Kier molecular flexibility index (Phi) is 5.60. The van der Waals surface area contributed by atoms with Crippen LogP contribution in [0, 0.1) is 0 Å². The highest BCUT2D eigenvalue weighted by Crippen LogP contribution is 2.37. The van der Waals surface area contributed by atoms with E-state index in [1.807, 2.05) is 33.7 Å². The molecule has 160 valence electrons. The zero-order valence-electron chi connectivity index (χ0n) is 17.3. The van der Waals surface area contributed by atoms with Crippen molar-refractivity contribution in [2.75, 3.05) is 45.5 Å². The van der Waals surface area contributed by atoms with Crippen molar-refractivity contribution in [3.05, 3.63) is 45.1 Å². The molecular formula is C20H25N5O5. The number of hydrogen-bond acceptors (Lipinski definition) is 7. The number of imidazole rings is 1. The van der Waals surface area contributed by atoms with Crippen molar-refractivity contribution in [3.63, 3.8) is 0 Å². The first-order valence-corrected chi connectivity index (χ1v) is 9.75. The van der Waals surface area contributed by atoms with E-state index in [9.17, 15) is 9.59 Å². The maximum Gasteiger partial charge on any atom is 0.332 e. The summed E-state index contributed by atoms with van der Waals surface area (Å²) in [4.78, 5) is 32.4. The summed E-state index contributed by atoms with van der Waals surface area (Å²) in [7, 11) is 4.79. The van der Waals surface area contributed by atoms with E-state index in [-0.39, 0.29) is 18.7 Å². The van der Waals surface area contributed by atoms with E-state index in [4.69, 9.17) is 14.2 Å². The average Bonchev–Trinajstić information content (AvgIpc) is 3.32. The summed E-state index contributed by atoms with van der Waals surface area (Å²) < 4.78 is 20.5. The Balaban J connectivity index is 1.81. The number of anilines is 2. The molecule has 10 heteroatoms. The minimum atomic E-state index is -0.406. The molecule has 0 saturated heterocycles. The number of ether oxygens (including phenoxy) is 3. The van der Waals surface area contributed by atoms with Crippen LogP contribution in [0.5, 0.6) is 5.75 Å². The van der Waals surface area contributed by atoms with E-state index in [1.165, 1.54) is 16.2 Å². The lowest BCUT2D eigenvalue weighted by molar-refractivity contribution is 0.146. The molecule has 3 aromatic rings. The zero-order valence-corrected chi connectivity index (χ0v) is 17.3. The average molecular weight is 415 g/mol. The van der Waals surface area contributed by atoms with Crippen molar-refractivity contribution in [3.8, 4) is 5.75 Å². The predicted octanol–water partition coefficient (Wildman–Crippen LogP) is 0.720. The Bertz CT molecular complexity index is 1180. The van der Waals surface area contributed by atoms with Crippen LogP contribution < -0.4 is 20.9 Å². The van der Waals surface area contributed by atoms with Gasteiger partial charge in [-0.25, -0.2) is 4.79 Å². The van der Waals surface area contributed by atoms with Crippen molar-refractivity contribution >= 4 is 22.8 Å². The van der Waals surface area contributed by atoms with Crippen LogP contribution in [0.25, 0.3) is 11.2 Å². The van der Waals surface area contributed by atoms with Crippen LogP contribution in [-0.4, -0.2) is 59.3 Å². The molecule has 0 saturated carbocycles. The van der Waals surface area contributed by atoms with Crippen molar-refractivity contribution in [2.24, 2.45) is 7.05 Å². The fourth-order valence-electron chi connectivity index (χ4n) is 3.72. The molecule has 0 unspecified atom stereocenters. The first-order valence-electron chi connectivity index (χ1n) is 9.75. The van der Waals surface area contributed by atoms with Gasteiger partial charge in [0.2, 0.25) is 5.95 Å². The molecule has 0 spiro atoms. The maximum absolute atomic E-state index is 13.1. The molecule has 1 aromatic carbocycles. The zero-order chi connectivity index (χ0) is 21.3. The van der Waals surface area contributed by atoms with Crippen LogP contribution in [0.3, 0.4) is 0 Å². The van der Waals surface area contributed by atoms with E-state index >= 15 is 0 Å². The van der Waals surface area contributed by atoms with Gasteiger partial charge < -0.3 is 23.7 Å². The number of aryl methyl sites for hydroxylation is 1. The molecular weight excluding hydrogens is 390 g/mol. The van der Waals surface area contributed by atoms with Crippen LogP contribution in [-0.2, 0) is 29.6 Å². The third kappa shape index (κ3) is 3.27. The summed E-state index contributed by atoms with van der Waals surface area (Å²) in [6.07, 6.45) is 0. The normalized spacial score (nSPS) is 13.2. The molecule has 0 N–H and O–H groups in total. The Morgan fingerprint density at radius 3 is 2.57 bits per heavy atom. The third-order valence-electron chi connectivity index (χ3n) is 5.22. The molecule has 2 aromatic heterocycles. The second-order valence-electron chi connectivity index (χ2n) is 6.99. The van der Waals surface area contributed by atoms with E-state index in [0.29, 0.717) is 49.2 Å². The monoisotopic (exact) mass is 415 g/mol. The van der Waals surface area contributed by atoms with Gasteiger partial charge in [-0.2, -0.15) is 4.98 Å². The van der Waals surface area contributed by atoms with Crippen molar-refractivity contribution in [1.29, 1.82) is 0 Å². The first kappa shape index (κ1) is 20.2. The summed E-state index contributed by atoms with van der Waals surface area (Å²) in [5.74, 6) is 1.32. The predicted molar refractivity (Wildman–Crippen MR) is 112 cm³/mol. The fraction of sp³-hybridized carbons (Fsp3) is 0.450. The van der Waals surface area contributed by atoms with Gasteiger partial charge in [0, 0.05) is 34.4 Å². The van der Waals surface area contributed by atoms with E-state index < -0.39 is 5.69 Å². The number of para-hydroxylation sites is 2. The second kappa shape index (κ2) is 8.33. The largest absolute Gasteiger partial charge is 0.489 e. The summed E-state index contributed by atoms with van der Waals surface area (Å²) in [6.45, 7) is 2.60. The van der Waals surface area contributed by atoms with Crippen molar-refractivity contribution in [1.82, 2.24) is 18.7 Å². The highest BCUT2D eigenvalue weighted by molar-refractivity contribution is 5.79. The molecule has 4 rings (SSSR count). The number of rotatable bonds is 8. The molecule has 0 atom stereocenters. The molecule has 0 amide bonds. The first-order chi connectivity index (χ1) is 14.6. The Morgan fingerprint density at radius 2 is 1.80 bits per heavy atom. The van der Waals surface area contributed by atoms with Gasteiger partial charge in [-0.1, -0.05) is 12.1 Å².